The van der Waals surface area contributed by atoms with Gasteiger partial charge in [0, 0.05) is 44.1 Å². The number of aromatic nitrogens is 3. The van der Waals surface area contributed by atoms with Crippen LogP contribution in [-0.4, -0.2) is 27.6 Å². The number of anilines is 3. The van der Waals surface area contributed by atoms with E-state index < -0.39 is 0 Å². The molecule has 2 heterocycles. The van der Waals surface area contributed by atoms with Crippen LogP contribution in [0.5, 0.6) is 0 Å². The Morgan fingerprint density at radius 1 is 1.06 bits per heavy atom. The molecule has 0 saturated heterocycles. The van der Waals surface area contributed by atoms with Crippen molar-refractivity contribution in [1.29, 1.82) is 0 Å². The molecule has 7 nitrogen and oxygen atoms in total. The van der Waals surface area contributed by atoms with Gasteiger partial charge in [-0.2, -0.15) is 4.98 Å². The van der Waals surface area contributed by atoms with E-state index >= 15 is 0 Å². The number of aryl methyl sites for hydroxylation is 1. The van der Waals surface area contributed by atoms with E-state index in [9.17, 15) is 4.79 Å². The van der Waals surface area contributed by atoms with E-state index in [2.05, 4.69) is 35.4 Å². The van der Waals surface area contributed by atoms with Gasteiger partial charge in [0.15, 0.2) is 0 Å². The van der Waals surface area contributed by atoms with Crippen molar-refractivity contribution < 1.29 is 0 Å². The minimum absolute atomic E-state index is 0.00801. The highest BCUT2D eigenvalue weighted by Crippen LogP contribution is 2.25. The molecule has 4 rings (SSSR count). The lowest BCUT2D eigenvalue weighted by atomic mass is 10.0. The van der Waals surface area contributed by atoms with Crippen LogP contribution in [-0.2, 0) is 13.5 Å². The van der Waals surface area contributed by atoms with E-state index in [1.165, 1.54) is 5.56 Å². The van der Waals surface area contributed by atoms with Gasteiger partial charge in [-0.15, -0.1) is 0 Å². The first-order valence-electron chi connectivity index (χ1n) is 11.8. The smallest absolute Gasteiger partial charge is 0.258 e. The van der Waals surface area contributed by atoms with Gasteiger partial charge in [-0.05, 0) is 49.1 Å². The number of nitrogens with zero attached hydrogens (tertiary/aromatic N) is 4. The van der Waals surface area contributed by atoms with Gasteiger partial charge in [-0.25, -0.2) is 4.98 Å². The second kappa shape index (κ2) is 10.5. The van der Waals surface area contributed by atoms with Gasteiger partial charge >= 0.3 is 0 Å². The van der Waals surface area contributed by atoms with Crippen LogP contribution < -0.4 is 21.5 Å². The van der Waals surface area contributed by atoms with E-state index in [0.717, 1.165) is 29.1 Å². The topological polar surface area (TPSA) is 89.1 Å². The second-order valence-corrected chi connectivity index (χ2v) is 8.97. The molecule has 0 spiro atoms. The summed E-state index contributed by atoms with van der Waals surface area (Å²) in [7, 11) is 3.70. The summed E-state index contributed by atoms with van der Waals surface area (Å²) >= 11 is 0. The van der Waals surface area contributed by atoms with Gasteiger partial charge in [-0.1, -0.05) is 54.6 Å². The third kappa shape index (κ3) is 5.75. The summed E-state index contributed by atoms with van der Waals surface area (Å²) in [5.74, 6) is 1.28. The number of nitrogens with two attached hydrogens (primary N) is 1. The number of rotatable bonds is 8. The van der Waals surface area contributed by atoms with Gasteiger partial charge in [-0.3, -0.25) is 4.79 Å². The minimum Gasteiger partial charge on any atom is -0.351 e. The van der Waals surface area contributed by atoms with Gasteiger partial charge in [0.1, 0.15) is 5.82 Å². The maximum atomic E-state index is 12.8. The van der Waals surface area contributed by atoms with E-state index in [4.69, 9.17) is 10.7 Å². The zero-order valence-corrected chi connectivity index (χ0v) is 20.6. The highest BCUT2D eigenvalue weighted by atomic mass is 16.1. The third-order valence-electron chi connectivity index (χ3n) is 6.02. The largest absolute Gasteiger partial charge is 0.351 e. The first kappa shape index (κ1) is 24.2. The molecular formula is C28H32N6O. The Bertz CT molecular complexity index is 1350. The van der Waals surface area contributed by atoms with Crippen LogP contribution in [0, 0.1) is 0 Å². The molecule has 7 heteroatoms. The molecule has 2 atom stereocenters. The summed E-state index contributed by atoms with van der Waals surface area (Å²) in [6.45, 7) is 4.10. The Labute approximate surface area is 206 Å². The quantitative estimate of drug-likeness (QED) is 0.391. The average Bonchev–Trinajstić information content (AvgIpc) is 2.86. The molecule has 3 N–H and O–H groups in total. The van der Waals surface area contributed by atoms with Crippen molar-refractivity contribution in [3.63, 3.8) is 0 Å². The second-order valence-electron chi connectivity index (χ2n) is 8.97. The van der Waals surface area contributed by atoms with E-state index in [0.29, 0.717) is 11.5 Å². The molecule has 180 valence electrons. The summed E-state index contributed by atoms with van der Waals surface area (Å²) in [6, 6.07) is 21.9. The van der Waals surface area contributed by atoms with Crippen molar-refractivity contribution in [3.05, 3.63) is 101 Å². The van der Waals surface area contributed by atoms with Crippen molar-refractivity contribution in [2.75, 3.05) is 17.3 Å². The fourth-order valence-electron chi connectivity index (χ4n) is 4.07. The van der Waals surface area contributed by atoms with Crippen LogP contribution in [0.2, 0.25) is 0 Å². The third-order valence-corrected chi connectivity index (χ3v) is 6.02. The Balaban J connectivity index is 1.53. The van der Waals surface area contributed by atoms with E-state index in [1.54, 1.807) is 17.8 Å². The molecule has 0 aliphatic rings. The summed E-state index contributed by atoms with van der Waals surface area (Å²) in [4.78, 5) is 23.9. The number of nitrogens with one attached hydrogen (secondary N) is 1. The lowest BCUT2D eigenvalue weighted by molar-refractivity contribution is 0.768. The van der Waals surface area contributed by atoms with Gasteiger partial charge in [0.2, 0.25) is 5.95 Å². The van der Waals surface area contributed by atoms with Crippen LogP contribution in [0.15, 0.2) is 83.9 Å². The first-order valence-corrected chi connectivity index (χ1v) is 11.8. The van der Waals surface area contributed by atoms with Crippen molar-refractivity contribution in [1.82, 2.24) is 14.5 Å². The molecule has 0 aliphatic carbocycles. The average molecular weight is 469 g/mol. The van der Waals surface area contributed by atoms with E-state index in [-0.39, 0.29) is 17.6 Å². The maximum absolute atomic E-state index is 12.8. The fourth-order valence-corrected chi connectivity index (χ4v) is 4.07. The Kier molecular flexibility index (Phi) is 7.27. The van der Waals surface area contributed by atoms with Crippen LogP contribution in [0.4, 0.5) is 17.5 Å². The van der Waals surface area contributed by atoms with Crippen molar-refractivity contribution in [2.45, 2.75) is 32.4 Å². The van der Waals surface area contributed by atoms with E-state index in [1.807, 2.05) is 73.6 Å². The Hall–Kier alpha value is -3.97. The van der Waals surface area contributed by atoms with Crippen LogP contribution in [0.1, 0.15) is 31.0 Å². The zero-order chi connectivity index (χ0) is 24.9. The Morgan fingerprint density at radius 2 is 1.83 bits per heavy atom. The van der Waals surface area contributed by atoms with Crippen LogP contribution in [0.3, 0.4) is 0 Å². The lowest BCUT2D eigenvalue weighted by Gasteiger charge is -2.21. The molecule has 4 aromatic rings. The van der Waals surface area contributed by atoms with Crippen molar-refractivity contribution in [3.8, 4) is 11.1 Å². The molecule has 1 unspecified atom stereocenters. The number of benzene rings is 2. The molecule has 0 radical (unpaired) electrons. The standard InChI is InChI=1S/C28H32N6O/c1-19(15-21-9-8-12-23(16-21)20(2)29)31-28-30-14-13-26(32-28)34(4)24-17-25(27(35)33(3)18-24)22-10-6-5-7-11-22/h5-14,16-20H,15,29H2,1-4H3,(H,30,31,32)/t19?,20-/m1/s1. The summed E-state index contributed by atoms with van der Waals surface area (Å²) in [6.07, 6.45) is 4.38. The van der Waals surface area contributed by atoms with Crippen molar-refractivity contribution >= 4 is 17.5 Å². The predicted octanol–water partition coefficient (Wildman–Crippen LogP) is 4.67. The van der Waals surface area contributed by atoms with Gasteiger partial charge in [0.05, 0.1) is 5.69 Å². The lowest BCUT2D eigenvalue weighted by Crippen LogP contribution is -2.23. The molecule has 35 heavy (non-hydrogen) atoms. The predicted molar refractivity (Wildman–Crippen MR) is 143 cm³/mol. The highest BCUT2D eigenvalue weighted by Gasteiger charge is 2.14. The maximum Gasteiger partial charge on any atom is 0.258 e. The number of hydrogen-bond acceptors (Lipinski definition) is 6. The van der Waals surface area contributed by atoms with Crippen LogP contribution in [0.25, 0.3) is 11.1 Å². The normalized spacial score (nSPS) is 12.7. The molecule has 0 aliphatic heterocycles. The molecule has 0 bridgehead atoms. The summed E-state index contributed by atoms with van der Waals surface area (Å²) in [5.41, 5.74) is 10.7. The fraction of sp³-hybridized carbons (Fsp3) is 0.250. The SMILES string of the molecule is CC(Cc1cccc([C@@H](C)N)c1)Nc1nccc(N(C)c2cc(-c3ccccc3)c(=O)n(C)c2)n1. The van der Waals surface area contributed by atoms with Crippen LogP contribution >= 0.6 is 0 Å². The van der Waals surface area contributed by atoms with Gasteiger partial charge < -0.3 is 20.5 Å². The van der Waals surface area contributed by atoms with Gasteiger partial charge in [0.25, 0.3) is 5.56 Å². The minimum atomic E-state index is -0.0414. The molecule has 0 amide bonds. The summed E-state index contributed by atoms with van der Waals surface area (Å²) in [5, 5.41) is 3.41. The summed E-state index contributed by atoms with van der Waals surface area (Å²) < 4.78 is 1.60. The first-order chi connectivity index (χ1) is 16.8. The zero-order valence-electron chi connectivity index (χ0n) is 20.6. The number of hydrogen-bond donors (Lipinski definition) is 2. The van der Waals surface area contributed by atoms with Crippen molar-refractivity contribution in [2.24, 2.45) is 12.8 Å². The number of pyridine rings is 1. The highest BCUT2D eigenvalue weighted by molar-refractivity contribution is 5.70. The molecular weight excluding hydrogens is 436 g/mol. The Morgan fingerprint density at radius 3 is 2.57 bits per heavy atom. The molecule has 0 fully saturated rings. The monoisotopic (exact) mass is 468 g/mol. The molecule has 2 aromatic carbocycles. The molecule has 2 aromatic heterocycles. The molecule has 0 saturated carbocycles.